The molecule has 1 aromatic carbocycles. The molecule has 0 amide bonds. The molecule has 0 radical (unpaired) electrons. The zero-order valence-electron chi connectivity index (χ0n) is 9.64. The number of benzene rings is 1. The van der Waals surface area contributed by atoms with Crippen LogP contribution in [-0.4, -0.2) is 30.6 Å². The Balaban J connectivity index is 0.00000128. The van der Waals surface area contributed by atoms with E-state index in [1.807, 2.05) is 0 Å². The standard InChI is InChI=1S/C13H20N2.ClH/c14-13(11-15-8-4-5-9-15)10-12-6-2-1-3-7-12;/h1-3,6-7,13H,4-5,8-11,14H2;1H/t13-;/m0./s1. The summed E-state index contributed by atoms with van der Waals surface area (Å²) >= 11 is 0. The van der Waals surface area contributed by atoms with Gasteiger partial charge >= 0.3 is 0 Å². The summed E-state index contributed by atoms with van der Waals surface area (Å²) in [6, 6.07) is 10.8. The number of hydrogen-bond donors (Lipinski definition) is 1. The highest BCUT2D eigenvalue weighted by atomic mass is 35.5. The van der Waals surface area contributed by atoms with Crippen molar-refractivity contribution in [2.24, 2.45) is 5.73 Å². The molecule has 2 nitrogen and oxygen atoms in total. The predicted octanol–water partition coefficient (Wildman–Crippen LogP) is 2.07. The van der Waals surface area contributed by atoms with E-state index >= 15 is 0 Å². The number of likely N-dealkylation sites (tertiary alicyclic amines) is 1. The monoisotopic (exact) mass is 240 g/mol. The number of hydrogen-bond acceptors (Lipinski definition) is 2. The third-order valence-electron chi connectivity index (χ3n) is 3.03. The third-order valence-corrected chi connectivity index (χ3v) is 3.03. The molecule has 0 saturated carbocycles. The smallest absolute Gasteiger partial charge is 0.0208 e. The maximum absolute atomic E-state index is 6.14. The lowest BCUT2D eigenvalue weighted by Gasteiger charge is -2.20. The topological polar surface area (TPSA) is 29.3 Å². The minimum Gasteiger partial charge on any atom is -0.326 e. The van der Waals surface area contributed by atoms with Crippen molar-refractivity contribution < 1.29 is 0 Å². The molecule has 2 N–H and O–H groups in total. The van der Waals surface area contributed by atoms with E-state index in [0.717, 1.165) is 13.0 Å². The number of halogens is 1. The lowest BCUT2D eigenvalue weighted by Crippen LogP contribution is -2.37. The third kappa shape index (κ3) is 4.12. The highest BCUT2D eigenvalue weighted by Gasteiger charge is 2.14. The molecule has 0 bridgehead atoms. The van der Waals surface area contributed by atoms with Crippen molar-refractivity contribution in [3.8, 4) is 0 Å². The second-order valence-electron chi connectivity index (χ2n) is 4.46. The van der Waals surface area contributed by atoms with Crippen LogP contribution in [0.5, 0.6) is 0 Å². The molecule has 0 aromatic heterocycles. The average Bonchev–Trinajstić information content (AvgIpc) is 2.71. The van der Waals surface area contributed by atoms with Gasteiger partial charge in [0.05, 0.1) is 0 Å². The van der Waals surface area contributed by atoms with Crippen LogP contribution in [-0.2, 0) is 6.42 Å². The summed E-state index contributed by atoms with van der Waals surface area (Å²) in [4.78, 5) is 2.48. The lowest BCUT2D eigenvalue weighted by molar-refractivity contribution is 0.313. The van der Waals surface area contributed by atoms with Gasteiger partial charge in [-0.1, -0.05) is 30.3 Å². The van der Waals surface area contributed by atoms with Gasteiger partial charge in [0, 0.05) is 12.6 Å². The molecule has 1 heterocycles. The summed E-state index contributed by atoms with van der Waals surface area (Å²) in [5.41, 5.74) is 7.49. The SMILES string of the molecule is Cl.N[C@@H](Cc1ccccc1)CN1CCCC1. The summed E-state index contributed by atoms with van der Waals surface area (Å²) in [7, 11) is 0. The van der Waals surface area contributed by atoms with Crippen LogP contribution in [0, 0.1) is 0 Å². The Hall–Kier alpha value is -0.570. The molecule has 90 valence electrons. The zero-order chi connectivity index (χ0) is 10.5. The van der Waals surface area contributed by atoms with Crippen LogP contribution in [0.1, 0.15) is 18.4 Å². The molecule has 0 spiro atoms. The van der Waals surface area contributed by atoms with E-state index < -0.39 is 0 Å². The molecule has 2 rings (SSSR count). The van der Waals surface area contributed by atoms with Crippen molar-refractivity contribution in [3.05, 3.63) is 35.9 Å². The van der Waals surface area contributed by atoms with Crippen LogP contribution < -0.4 is 5.73 Å². The molecule has 1 fully saturated rings. The zero-order valence-corrected chi connectivity index (χ0v) is 10.5. The summed E-state index contributed by atoms with van der Waals surface area (Å²) in [6.07, 6.45) is 3.69. The Bertz CT molecular complexity index is 283. The minimum absolute atomic E-state index is 0. The summed E-state index contributed by atoms with van der Waals surface area (Å²) in [5, 5.41) is 0. The van der Waals surface area contributed by atoms with Crippen LogP contribution in [0.25, 0.3) is 0 Å². The van der Waals surface area contributed by atoms with Crippen LogP contribution in [0.3, 0.4) is 0 Å². The Morgan fingerprint density at radius 3 is 2.38 bits per heavy atom. The highest BCUT2D eigenvalue weighted by molar-refractivity contribution is 5.85. The summed E-state index contributed by atoms with van der Waals surface area (Å²) in [6.45, 7) is 3.53. The average molecular weight is 241 g/mol. The Morgan fingerprint density at radius 2 is 1.75 bits per heavy atom. The van der Waals surface area contributed by atoms with Crippen molar-refractivity contribution in [2.75, 3.05) is 19.6 Å². The van der Waals surface area contributed by atoms with E-state index in [0.29, 0.717) is 0 Å². The van der Waals surface area contributed by atoms with Gasteiger partial charge in [0.15, 0.2) is 0 Å². The van der Waals surface area contributed by atoms with Crippen molar-refractivity contribution in [2.45, 2.75) is 25.3 Å². The molecule has 0 aliphatic carbocycles. The minimum atomic E-state index is 0. The van der Waals surface area contributed by atoms with Gasteiger partial charge in [-0.3, -0.25) is 0 Å². The first-order valence-corrected chi connectivity index (χ1v) is 5.86. The summed E-state index contributed by atoms with van der Waals surface area (Å²) < 4.78 is 0. The largest absolute Gasteiger partial charge is 0.326 e. The van der Waals surface area contributed by atoms with E-state index in [2.05, 4.69) is 35.2 Å². The van der Waals surface area contributed by atoms with Gasteiger partial charge in [0.2, 0.25) is 0 Å². The molecule has 3 heteroatoms. The first-order chi connectivity index (χ1) is 7.34. The van der Waals surface area contributed by atoms with Crippen molar-refractivity contribution >= 4 is 12.4 Å². The second-order valence-corrected chi connectivity index (χ2v) is 4.46. The van der Waals surface area contributed by atoms with Crippen LogP contribution in [0.4, 0.5) is 0 Å². The molecule has 1 aliphatic rings. The Morgan fingerprint density at radius 1 is 1.12 bits per heavy atom. The van der Waals surface area contributed by atoms with Gasteiger partial charge in [-0.2, -0.15) is 0 Å². The normalized spacial score (nSPS) is 18.1. The molecule has 16 heavy (non-hydrogen) atoms. The predicted molar refractivity (Wildman–Crippen MR) is 71.0 cm³/mol. The van der Waals surface area contributed by atoms with Crippen molar-refractivity contribution in [1.29, 1.82) is 0 Å². The Kier molecular flexibility index (Phi) is 5.81. The van der Waals surface area contributed by atoms with Gasteiger partial charge < -0.3 is 10.6 Å². The van der Waals surface area contributed by atoms with Gasteiger partial charge in [-0.05, 0) is 37.9 Å². The maximum Gasteiger partial charge on any atom is 0.0208 e. The van der Waals surface area contributed by atoms with E-state index in [1.54, 1.807) is 0 Å². The van der Waals surface area contributed by atoms with Crippen LogP contribution >= 0.6 is 12.4 Å². The van der Waals surface area contributed by atoms with Crippen molar-refractivity contribution in [1.82, 2.24) is 4.90 Å². The summed E-state index contributed by atoms with van der Waals surface area (Å²) in [5.74, 6) is 0. The highest BCUT2D eigenvalue weighted by Crippen LogP contribution is 2.09. The van der Waals surface area contributed by atoms with Crippen LogP contribution in [0.15, 0.2) is 30.3 Å². The molecule has 1 saturated heterocycles. The molecular weight excluding hydrogens is 220 g/mol. The van der Waals surface area contributed by atoms with Gasteiger partial charge in [-0.25, -0.2) is 0 Å². The Labute approximate surface area is 104 Å². The lowest BCUT2D eigenvalue weighted by atomic mass is 10.1. The molecular formula is C13H21ClN2. The van der Waals surface area contributed by atoms with Gasteiger partial charge in [-0.15, -0.1) is 12.4 Å². The first-order valence-electron chi connectivity index (χ1n) is 5.86. The quantitative estimate of drug-likeness (QED) is 0.873. The number of rotatable bonds is 4. The van der Waals surface area contributed by atoms with E-state index in [1.165, 1.54) is 31.5 Å². The van der Waals surface area contributed by atoms with Gasteiger partial charge in [0.25, 0.3) is 0 Å². The van der Waals surface area contributed by atoms with E-state index in [4.69, 9.17) is 5.73 Å². The molecule has 1 aliphatic heterocycles. The number of nitrogens with two attached hydrogens (primary N) is 1. The van der Waals surface area contributed by atoms with Crippen molar-refractivity contribution in [3.63, 3.8) is 0 Å². The van der Waals surface area contributed by atoms with E-state index in [-0.39, 0.29) is 18.4 Å². The molecule has 1 atom stereocenters. The fourth-order valence-corrected chi connectivity index (χ4v) is 2.28. The number of nitrogens with zero attached hydrogens (tertiary/aromatic N) is 1. The second kappa shape index (κ2) is 6.89. The van der Waals surface area contributed by atoms with E-state index in [9.17, 15) is 0 Å². The molecule has 1 aromatic rings. The van der Waals surface area contributed by atoms with Crippen LogP contribution in [0.2, 0.25) is 0 Å². The molecule has 0 unspecified atom stereocenters. The van der Waals surface area contributed by atoms with Gasteiger partial charge in [0.1, 0.15) is 0 Å². The fourth-order valence-electron chi connectivity index (χ4n) is 2.28. The first kappa shape index (κ1) is 13.5. The maximum atomic E-state index is 6.14. The fraction of sp³-hybridized carbons (Fsp3) is 0.538.